The second-order valence-corrected chi connectivity index (χ2v) is 4.72. The van der Waals surface area contributed by atoms with Crippen molar-refractivity contribution in [3.05, 3.63) is 12.3 Å². The molecule has 1 saturated heterocycles. The molecule has 2 nitrogen and oxygen atoms in total. The third-order valence-electron chi connectivity index (χ3n) is 2.83. The molecule has 1 fully saturated rings. The summed E-state index contributed by atoms with van der Waals surface area (Å²) in [7, 11) is 0. The lowest BCUT2D eigenvalue weighted by molar-refractivity contribution is 0.172. The maximum absolute atomic E-state index is 4.07. The standard InChI is InChI=1S/C12H24N2/c1-10(2)13-11(3)9-14-8-6-5-7-12(14)4/h10,12-13H,3,5-9H2,1-2,4H3/t12-/m0/s1. The van der Waals surface area contributed by atoms with Crippen LogP contribution in [-0.2, 0) is 0 Å². The molecule has 0 spiro atoms. The molecule has 0 saturated carbocycles. The normalized spacial score (nSPS) is 23.9. The van der Waals surface area contributed by atoms with Crippen LogP contribution in [0, 0.1) is 0 Å². The first-order valence-electron chi connectivity index (χ1n) is 5.78. The van der Waals surface area contributed by atoms with Crippen LogP contribution in [0.5, 0.6) is 0 Å². The zero-order valence-electron chi connectivity index (χ0n) is 9.84. The molecule has 1 rings (SSSR count). The van der Waals surface area contributed by atoms with E-state index in [1.807, 2.05) is 0 Å². The summed E-state index contributed by atoms with van der Waals surface area (Å²) in [5.41, 5.74) is 1.16. The average Bonchev–Trinajstić information content (AvgIpc) is 2.07. The summed E-state index contributed by atoms with van der Waals surface area (Å²) >= 11 is 0. The molecule has 1 atom stereocenters. The van der Waals surface area contributed by atoms with E-state index >= 15 is 0 Å². The van der Waals surface area contributed by atoms with Gasteiger partial charge in [0.15, 0.2) is 0 Å². The highest BCUT2D eigenvalue weighted by atomic mass is 15.2. The van der Waals surface area contributed by atoms with Gasteiger partial charge in [0, 0.05) is 24.3 Å². The lowest BCUT2D eigenvalue weighted by Crippen LogP contribution is -2.41. The number of piperidine rings is 1. The monoisotopic (exact) mass is 196 g/mol. The number of likely N-dealkylation sites (tertiary alicyclic amines) is 1. The van der Waals surface area contributed by atoms with Gasteiger partial charge in [-0.1, -0.05) is 13.0 Å². The summed E-state index contributed by atoms with van der Waals surface area (Å²) in [6.07, 6.45) is 4.08. The Morgan fingerprint density at radius 2 is 2.21 bits per heavy atom. The van der Waals surface area contributed by atoms with Crippen LogP contribution in [0.4, 0.5) is 0 Å². The van der Waals surface area contributed by atoms with E-state index in [1.165, 1.54) is 25.8 Å². The number of hydrogen-bond acceptors (Lipinski definition) is 2. The molecule has 0 aromatic heterocycles. The van der Waals surface area contributed by atoms with E-state index in [9.17, 15) is 0 Å². The largest absolute Gasteiger partial charge is 0.386 e. The van der Waals surface area contributed by atoms with Crippen molar-refractivity contribution in [3.8, 4) is 0 Å². The Balaban J connectivity index is 2.31. The van der Waals surface area contributed by atoms with Crippen molar-refractivity contribution in [3.63, 3.8) is 0 Å². The van der Waals surface area contributed by atoms with Gasteiger partial charge >= 0.3 is 0 Å². The number of nitrogens with zero attached hydrogens (tertiary/aromatic N) is 1. The Bertz CT molecular complexity index is 187. The molecule has 1 aliphatic rings. The number of nitrogens with one attached hydrogen (secondary N) is 1. The molecule has 14 heavy (non-hydrogen) atoms. The van der Waals surface area contributed by atoms with Gasteiger partial charge in [0.1, 0.15) is 0 Å². The van der Waals surface area contributed by atoms with Crippen LogP contribution < -0.4 is 5.32 Å². The van der Waals surface area contributed by atoms with Gasteiger partial charge in [-0.25, -0.2) is 0 Å². The van der Waals surface area contributed by atoms with Gasteiger partial charge in [-0.2, -0.15) is 0 Å². The van der Waals surface area contributed by atoms with E-state index in [-0.39, 0.29) is 0 Å². The molecule has 0 aromatic rings. The average molecular weight is 196 g/mol. The molecular weight excluding hydrogens is 172 g/mol. The molecule has 1 N–H and O–H groups in total. The van der Waals surface area contributed by atoms with E-state index in [0.29, 0.717) is 6.04 Å². The van der Waals surface area contributed by atoms with E-state index in [2.05, 4.69) is 37.6 Å². The zero-order valence-corrected chi connectivity index (χ0v) is 9.84. The minimum absolute atomic E-state index is 0.502. The van der Waals surface area contributed by atoms with Crippen LogP contribution in [0.25, 0.3) is 0 Å². The maximum Gasteiger partial charge on any atom is 0.0378 e. The molecule has 1 heterocycles. The minimum atomic E-state index is 0.502. The predicted octanol–water partition coefficient (Wildman–Crippen LogP) is 2.37. The third kappa shape index (κ3) is 3.70. The third-order valence-corrected chi connectivity index (χ3v) is 2.83. The van der Waals surface area contributed by atoms with Crippen molar-refractivity contribution in [2.45, 2.75) is 52.1 Å². The van der Waals surface area contributed by atoms with Crippen molar-refractivity contribution in [2.24, 2.45) is 0 Å². The van der Waals surface area contributed by atoms with E-state index in [1.54, 1.807) is 0 Å². The Hall–Kier alpha value is -0.500. The van der Waals surface area contributed by atoms with Crippen LogP contribution in [0.3, 0.4) is 0 Å². The topological polar surface area (TPSA) is 15.3 Å². The van der Waals surface area contributed by atoms with Crippen molar-refractivity contribution < 1.29 is 0 Å². The summed E-state index contributed by atoms with van der Waals surface area (Å²) in [6, 6.07) is 1.23. The first-order chi connectivity index (χ1) is 6.59. The van der Waals surface area contributed by atoms with Gasteiger partial charge in [-0.3, -0.25) is 4.90 Å². The summed E-state index contributed by atoms with van der Waals surface area (Å²) < 4.78 is 0. The molecule has 2 heteroatoms. The highest BCUT2D eigenvalue weighted by molar-refractivity contribution is 4.97. The fourth-order valence-corrected chi connectivity index (χ4v) is 2.09. The number of rotatable bonds is 4. The Morgan fingerprint density at radius 1 is 1.50 bits per heavy atom. The number of hydrogen-bond donors (Lipinski definition) is 1. The molecule has 0 aliphatic carbocycles. The molecule has 0 bridgehead atoms. The summed E-state index contributed by atoms with van der Waals surface area (Å²) in [6.45, 7) is 13.0. The summed E-state index contributed by atoms with van der Waals surface area (Å²) in [5.74, 6) is 0. The minimum Gasteiger partial charge on any atom is -0.386 e. The second-order valence-electron chi connectivity index (χ2n) is 4.72. The van der Waals surface area contributed by atoms with Crippen LogP contribution in [-0.4, -0.2) is 30.1 Å². The Kier molecular flexibility index (Phi) is 4.46. The Morgan fingerprint density at radius 3 is 2.79 bits per heavy atom. The zero-order chi connectivity index (χ0) is 10.6. The molecule has 82 valence electrons. The van der Waals surface area contributed by atoms with E-state index in [4.69, 9.17) is 0 Å². The molecule has 0 radical (unpaired) electrons. The van der Waals surface area contributed by atoms with Gasteiger partial charge in [0.25, 0.3) is 0 Å². The molecular formula is C12H24N2. The SMILES string of the molecule is C=C(CN1CCCC[C@@H]1C)NC(C)C. The predicted molar refractivity (Wildman–Crippen MR) is 62.3 cm³/mol. The Labute approximate surface area is 88.4 Å². The van der Waals surface area contributed by atoms with Crippen LogP contribution >= 0.6 is 0 Å². The van der Waals surface area contributed by atoms with Crippen molar-refractivity contribution >= 4 is 0 Å². The van der Waals surface area contributed by atoms with Gasteiger partial charge in [-0.05, 0) is 40.2 Å². The molecule has 0 aromatic carbocycles. The van der Waals surface area contributed by atoms with Crippen molar-refractivity contribution in [1.29, 1.82) is 0 Å². The van der Waals surface area contributed by atoms with Gasteiger partial charge in [0.05, 0.1) is 0 Å². The highest BCUT2D eigenvalue weighted by Gasteiger charge is 2.18. The van der Waals surface area contributed by atoms with Crippen LogP contribution in [0.2, 0.25) is 0 Å². The second kappa shape index (κ2) is 5.40. The lowest BCUT2D eigenvalue weighted by atomic mass is 10.0. The quantitative estimate of drug-likeness (QED) is 0.742. The lowest BCUT2D eigenvalue weighted by Gasteiger charge is -2.34. The molecule has 0 amide bonds. The highest BCUT2D eigenvalue weighted by Crippen LogP contribution is 2.16. The first kappa shape index (κ1) is 11.6. The van der Waals surface area contributed by atoms with Crippen LogP contribution in [0.1, 0.15) is 40.0 Å². The maximum atomic E-state index is 4.07. The van der Waals surface area contributed by atoms with E-state index in [0.717, 1.165) is 18.3 Å². The van der Waals surface area contributed by atoms with E-state index < -0.39 is 0 Å². The fourth-order valence-electron chi connectivity index (χ4n) is 2.09. The molecule has 1 aliphatic heterocycles. The van der Waals surface area contributed by atoms with Gasteiger partial charge in [0.2, 0.25) is 0 Å². The summed E-state index contributed by atoms with van der Waals surface area (Å²) in [5, 5.41) is 3.37. The van der Waals surface area contributed by atoms with Crippen molar-refractivity contribution in [1.82, 2.24) is 10.2 Å². The summed E-state index contributed by atoms with van der Waals surface area (Å²) in [4.78, 5) is 2.53. The van der Waals surface area contributed by atoms with Gasteiger partial charge < -0.3 is 5.32 Å². The van der Waals surface area contributed by atoms with Crippen molar-refractivity contribution in [2.75, 3.05) is 13.1 Å². The first-order valence-corrected chi connectivity index (χ1v) is 5.78. The fraction of sp³-hybridized carbons (Fsp3) is 0.833. The molecule has 0 unspecified atom stereocenters. The van der Waals surface area contributed by atoms with Crippen LogP contribution in [0.15, 0.2) is 12.3 Å². The smallest absolute Gasteiger partial charge is 0.0378 e. The van der Waals surface area contributed by atoms with Gasteiger partial charge in [-0.15, -0.1) is 0 Å².